The zero-order chi connectivity index (χ0) is 13.9. The number of benzene rings is 1. The second kappa shape index (κ2) is 8.38. The van der Waals surface area contributed by atoms with Crippen LogP contribution in [-0.2, 0) is 0 Å². The third-order valence-corrected chi connectivity index (χ3v) is 2.50. The van der Waals surface area contributed by atoms with Gasteiger partial charge in [0.05, 0.1) is 5.69 Å². The van der Waals surface area contributed by atoms with Crippen LogP contribution in [0.15, 0.2) is 85.3 Å². The Morgan fingerprint density at radius 1 is 0.600 bits per heavy atom. The molecule has 3 rings (SSSR count). The summed E-state index contributed by atoms with van der Waals surface area (Å²) in [7, 11) is 0. The molecule has 0 aliphatic rings. The van der Waals surface area contributed by atoms with Crippen molar-refractivity contribution in [3.63, 3.8) is 0 Å². The first-order chi connectivity index (χ1) is 9.95. The molecule has 0 saturated heterocycles. The summed E-state index contributed by atoms with van der Waals surface area (Å²) in [4.78, 5) is 7.99. The van der Waals surface area contributed by atoms with Gasteiger partial charge in [-0.25, -0.2) is 0 Å². The first-order valence-corrected chi connectivity index (χ1v) is 6.44. The molecule has 98 valence electrons. The average Bonchev–Trinajstić information content (AvgIpc) is 2.57. The normalized spacial score (nSPS) is 9.80. The molecule has 1 aromatic carbocycles. The SMILES string of the molecule is C(=Cc1ccccn1)c1ccccc1.c1ccncc1. The van der Waals surface area contributed by atoms with Crippen molar-refractivity contribution < 1.29 is 0 Å². The van der Waals surface area contributed by atoms with Crippen LogP contribution in [0.1, 0.15) is 11.3 Å². The van der Waals surface area contributed by atoms with E-state index in [1.807, 2.05) is 60.7 Å². The molecular weight excluding hydrogens is 244 g/mol. The van der Waals surface area contributed by atoms with Crippen molar-refractivity contribution in [3.05, 3.63) is 96.6 Å². The zero-order valence-corrected chi connectivity index (χ0v) is 11.1. The highest BCUT2D eigenvalue weighted by Gasteiger charge is 1.85. The van der Waals surface area contributed by atoms with Crippen LogP contribution in [0.5, 0.6) is 0 Å². The summed E-state index contributed by atoms with van der Waals surface area (Å²) in [5.41, 5.74) is 2.18. The third-order valence-electron chi connectivity index (χ3n) is 2.50. The molecule has 2 nitrogen and oxygen atoms in total. The molecule has 0 aliphatic carbocycles. The van der Waals surface area contributed by atoms with Gasteiger partial charge in [0.1, 0.15) is 0 Å². The topological polar surface area (TPSA) is 25.8 Å². The molecule has 20 heavy (non-hydrogen) atoms. The number of aromatic nitrogens is 2. The highest BCUT2D eigenvalue weighted by molar-refractivity contribution is 5.67. The minimum atomic E-state index is 0.983. The van der Waals surface area contributed by atoms with Crippen LogP contribution in [-0.4, -0.2) is 9.97 Å². The molecule has 0 spiro atoms. The smallest absolute Gasteiger partial charge is 0.0629 e. The standard InChI is InChI=1S/C13H11N.C5H5N/c1-2-6-12(7-3-1)9-10-13-8-4-5-11-14-13;1-2-4-6-5-3-1/h1-11H;1-5H. The number of nitrogens with zero attached hydrogens (tertiary/aromatic N) is 2. The van der Waals surface area contributed by atoms with Gasteiger partial charge >= 0.3 is 0 Å². The van der Waals surface area contributed by atoms with Gasteiger partial charge in [0.2, 0.25) is 0 Å². The van der Waals surface area contributed by atoms with Crippen LogP contribution in [0.25, 0.3) is 12.2 Å². The fourth-order valence-electron chi connectivity index (χ4n) is 1.53. The van der Waals surface area contributed by atoms with E-state index in [2.05, 4.69) is 28.2 Å². The van der Waals surface area contributed by atoms with Crippen LogP contribution >= 0.6 is 0 Å². The Morgan fingerprint density at radius 2 is 1.25 bits per heavy atom. The molecule has 0 fully saturated rings. The molecule has 0 unspecified atom stereocenters. The Labute approximate surface area is 119 Å². The van der Waals surface area contributed by atoms with Crippen LogP contribution in [0.2, 0.25) is 0 Å². The molecule has 0 amide bonds. The van der Waals surface area contributed by atoms with Crippen molar-refractivity contribution in [1.82, 2.24) is 9.97 Å². The Hall–Kier alpha value is -2.74. The molecule has 0 saturated carbocycles. The van der Waals surface area contributed by atoms with Gasteiger partial charge < -0.3 is 0 Å². The lowest BCUT2D eigenvalue weighted by Gasteiger charge is -1.92. The van der Waals surface area contributed by atoms with E-state index in [0.717, 1.165) is 5.69 Å². The zero-order valence-electron chi connectivity index (χ0n) is 11.1. The summed E-state index contributed by atoms with van der Waals surface area (Å²) in [5, 5.41) is 0. The van der Waals surface area contributed by atoms with E-state index >= 15 is 0 Å². The summed E-state index contributed by atoms with van der Waals surface area (Å²) in [6.07, 6.45) is 9.36. The number of hydrogen-bond acceptors (Lipinski definition) is 2. The number of pyridine rings is 2. The van der Waals surface area contributed by atoms with Crippen LogP contribution < -0.4 is 0 Å². The van der Waals surface area contributed by atoms with Gasteiger partial charge in [-0.05, 0) is 35.9 Å². The van der Waals surface area contributed by atoms with Gasteiger partial charge in [0.15, 0.2) is 0 Å². The Bertz CT molecular complexity index is 537. The minimum Gasteiger partial charge on any atom is -0.265 e. The summed E-state index contributed by atoms with van der Waals surface area (Å²) in [5.74, 6) is 0. The van der Waals surface area contributed by atoms with Crippen LogP contribution in [0.3, 0.4) is 0 Å². The van der Waals surface area contributed by atoms with E-state index in [9.17, 15) is 0 Å². The van der Waals surface area contributed by atoms with Crippen molar-refractivity contribution >= 4 is 12.2 Å². The lowest BCUT2D eigenvalue weighted by Crippen LogP contribution is -1.76. The summed E-state index contributed by atoms with van der Waals surface area (Å²) in [6, 6.07) is 21.8. The Kier molecular flexibility index (Phi) is 5.73. The van der Waals surface area contributed by atoms with Crippen LogP contribution in [0, 0.1) is 0 Å². The highest BCUT2D eigenvalue weighted by atomic mass is 14.6. The third kappa shape index (κ3) is 5.27. The molecule has 2 heterocycles. The Morgan fingerprint density at radius 3 is 1.80 bits per heavy atom. The number of rotatable bonds is 2. The summed E-state index contributed by atoms with van der Waals surface area (Å²) >= 11 is 0. The average molecular weight is 260 g/mol. The molecule has 0 aliphatic heterocycles. The second-order valence-electron chi connectivity index (χ2n) is 4.02. The van der Waals surface area contributed by atoms with E-state index < -0.39 is 0 Å². The molecule has 2 aromatic heterocycles. The van der Waals surface area contributed by atoms with Gasteiger partial charge in [-0.15, -0.1) is 0 Å². The molecule has 0 N–H and O–H groups in total. The lowest BCUT2D eigenvalue weighted by atomic mass is 10.2. The minimum absolute atomic E-state index is 0.983. The van der Waals surface area contributed by atoms with E-state index in [-0.39, 0.29) is 0 Å². The van der Waals surface area contributed by atoms with Crippen molar-refractivity contribution in [2.75, 3.05) is 0 Å². The quantitative estimate of drug-likeness (QED) is 0.685. The van der Waals surface area contributed by atoms with Crippen molar-refractivity contribution in [2.45, 2.75) is 0 Å². The highest BCUT2D eigenvalue weighted by Crippen LogP contribution is 2.04. The molecule has 0 bridgehead atoms. The first kappa shape index (κ1) is 13.7. The maximum absolute atomic E-state index is 4.21. The van der Waals surface area contributed by atoms with Crippen molar-refractivity contribution in [2.24, 2.45) is 0 Å². The van der Waals surface area contributed by atoms with E-state index in [0.29, 0.717) is 0 Å². The first-order valence-electron chi connectivity index (χ1n) is 6.44. The van der Waals surface area contributed by atoms with Gasteiger partial charge in [0.25, 0.3) is 0 Å². The maximum atomic E-state index is 4.21. The van der Waals surface area contributed by atoms with E-state index in [4.69, 9.17) is 0 Å². The summed E-state index contributed by atoms with van der Waals surface area (Å²) in [6.45, 7) is 0. The predicted octanol–water partition coefficient (Wildman–Crippen LogP) is 4.33. The molecule has 2 heteroatoms. The van der Waals surface area contributed by atoms with Crippen molar-refractivity contribution in [3.8, 4) is 0 Å². The van der Waals surface area contributed by atoms with Crippen molar-refractivity contribution in [1.29, 1.82) is 0 Å². The molecule has 0 radical (unpaired) electrons. The second-order valence-corrected chi connectivity index (χ2v) is 4.02. The molecule has 3 aromatic rings. The largest absolute Gasteiger partial charge is 0.265 e. The van der Waals surface area contributed by atoms with Gasteiger partial charge in [0, 0.05) is 18.6 Å². The monoisotopic (exact) mass is 260 g/mol. The number of hydrogen-bond donors (Lipinski definition) is 0. The fourth-order valence-corrected chi connectivity index (χ4v) is 1.53. The van der Waals surface area contributed by atoms with Gasteiger partial charge in [-0.1, -0.05) is 48.5 Å². The fraction of sp³-hybridized carbons (Fsp3) is 0. The molecule has 0 atom stereocenters. The predicted molar refractivity (Wildman–Crippen MR) is 83.8 cm³/mol. The lowest BCUT2D eigenvalue weighted by molar-refractivity contribution is 1.30. The molecular formula is C18H16N2. The van der Waals surface area contributed by atoms with Crippen LogP contribution in [0.4, 0.5) is 0 Å². The Balaban J connectivity index is 0.000000205. The van der Waals surface area contributed by atoms with E-state index in [1.165, 1.54) is 5.56 Å². The van der Waals surface area contributed by atoms with Gasteiger partial charge in [-0.2, -0.15) is 0 Å². The maximum Gasteiger partial charge on any atom is 0.0629 e. The van der Waals surface area contributed by atoms with E-state index in [1.54, 1.807) is 18.6 Å². The van der Waals surface area contributed by atoms with Gasteiger partial charge in [-0.3, -0.25) is 9.97 Å². The summed E-state index contributed by atoms with van der Waals surface area (Å²) < 4.78 is 0.